The Bertz CT molecular complexity index is 519. The SMILES string of the molecule is COC(=O)c1sc(NCCC(F)(F)F)c(C#N)c1N. The van der Waals surface area contributed by atoms with Gasteiger partial charge in [0, 0.05) is 6.54 Å². The van der Waals surface area contributed by atoms with Gasteiger partial charge in [-0.15, -0.1) is 11.3 Å². The molecule has 1 aromatic rings. The number of thiophene rings is 1. The van der Waals surface area contributed by atoms with Crippen molar-refractivity contribution in [3.8, 4) is 6.07 Å². The number of nitrogens with one attached hydrogen (secondary N) is 1. The lowest BCUT2D eigenvalue weighted by Crippen LogP contribution is -2.14. The number of hydrogen-bond donors (Lipinski definition) is 2. The third-order valence-corrected chi connectivity index (χ3v) is 3.27. The smallest absolute Gasteiger partial charge is 0.390 e. The van der Waals surface area contributed by atoms with Crippen LogP contribution in [0.4, 0.5) is 23.9 Å². The van der Waals surface area contributed by atoms with Gasteiger partial charge in [-0.1, -0.05) is 0 Å². The molecule has 0 aliphatic heterocycles. The van der Waals surface area contributed by atoms with Crippen molar-refractivity contribution in [3.63, 3.8) is 0 Å². The molecule has 0 radical (unpaired) electrons. The minimum Gasteiger partial charge on any atom is -0.465 e. The van der Waals surface area contributed by atoms with E-state index in [0.717, 1.165) is 18.4 Å². The van der Waals surface area contributed by atoms with Crippen LogP contribution in [0.1, 0.15) is 21.7 Å². The first-order valence-electron chi connectivity index (χ1n) is 5.01. The van der Waals surface area contributed by atoms with Crippen molar-refractivity contribution in [1.29, 1.82) is 5.26 Å². The molecule has 0 saturated heterocycles. The Balaban J connectivity index is 2.90. The molecular weight excluding hydrogens is 283 g/mol. The summed E-state index contributed by atoms with van der Waals surface area (Å²) in [7, 11) is 1.14. The first-order chi connectivity index (χ1) is 8.80. The van der Waals surface area contributed by atoms with Crippen molar-refractivity contribution in [1.82, 2.24) is 0 Å². The Morgan fingerprint density at radius 3 is 2.68 bits per heavy atom. The summed E-state index contributed by atoms with van der Waals surface area (Å²) in [5.74, 6) is -0.733. The van der Waals surface area contributed by atoms with Gasteiger partial charge in [0.2, 0.25) is 0 Å². The third-order valence-electron chi connectivity index (χ3n) is 2.12. The standard InChI is InChI=1S/C10H10F3N3O2S/c1-18-9(17)7-6(15)5(4-14)8(19-7)16-3-2-10(11,12)13/h16H,2-3,15H2,1H3. The van der Waals surface area contributed by atoms with E-state index >= 15 is 0 Å². The molecule has 104 valence electrons. The number of methoxy groups -OCH3 is 1. The molecule has 0 atom stereocenters. The monoisotopic (exact) mass is 293 g/mol. The summed E-state index contributed by atoms with van der Waals surface area (Å²) in [5.41, 5.74) is 5.44. The number of carbonyl (C=O) groups excluding carboxylic acids is 1. The molecule has 0 aliphatic carbocycles. The van der Waals surface area contributed by atoms with Gasteiger partial charge in [0.25, 0.3) is 0 Å². The van der Waals surface area contributed by atoms with Crippen molar-refractivity contribution >= 4 is 28.0 Å². The second kappa shape index (κ2) is 5.79. The molecule has 5 nitrogen and oxygen atoms in total. The number of nitriles is 1. The zero-order chi connectivity index (χ0) is 14.6. The van der Waals surface area contributed by atoms with Crippen LogP contribution in [0.15, 0.2) is 0 Å². The molecule has 1 aromatic heterocycles. The predicted octanol–water partition coefficient (Wildman–Crippen LogP) is 2.35. The van der Waals surface area contributed by atoms with Crippen molar-refractivity contribution in [2.24, 2.45) is 0 Å². The normalized spacial score (nSPS) is 10.9. The Hall–Kier alpha value is -1.95. The second-order valence-corrected chi connectivity index (χ2v) is 4.46. The van der Waals surface area contributed by atoms with E-state index in [1.165, 1.54) is 0 Å². The topological polar surface area (TPSA) is 88.1 Å². The molecule has 19 heavy (non-hydrogen) atoms. The van der Waals surface area contributed by atoms with E-state index in [4.69, 9.17) is 11.0 Å². The summed E-state index contributed by atoms with van der Waals surface area (Å²) in [6.07, 6.45) is -5.35. The first-order valence-corrected chi connectivity index (χ1v) is 5.83. The van der Waals surface area contributed by atoms with E-state index < -0.39 is 25.1 Å². The number of nitrogens with zero attached hydrogens (tertiary/aromatic N) is 1. The zero-order valence-electron chi connectivity index (χ0n) is 9.80. The average Bonchev–Trinajstić information content (AvgIpc) is 2.63. The van der Waals surface area contributed by atoms with Crippen molar-refractivity contribution in [2.45, 2.75) is 12.6 Å². The fourth-order valence-electron chi connectivity index (χ4n) is 1.24. The van der Waals surface area contributed by atoms with E-state index in [2.05, 4.69) is 10.1 Å². The van der Waals surface area contributed by atoms with E-state index in [1.54, 1.807) is 6.07 Å². The van der Waals surface area contributed by atoms with Crippen molar-refractivity contribution < 1.29 is 22.7 Å². The molecule has 0 bridgehead atoms. The van der Waals surface area contributed by atoms with Gasteiger partial charge in [0.1, 0.15) is 21.5 Å². The number of hydrogen-bond acceptors (Lipinski definition) is 6. The highest BCUT2D eigenvalue weighted by atomic mass is 32.1. The predicted molar refractivity (Wildman–Crippen MR) is 63.9 cm³/mol. The summed E-state index contributed by atoms with van der Waals surface area (Å²) in [5, 5.41) is 11.5. The van der Waals surface area contributed by atoms with Crippen LogP contribution in [0.2, 0.25) is 0 Å². The van der Waals surface area contributed by atoms with Gasteiger partial charge in [0.15, 0.2) is 0 Å². The van der Waals surface area contributed by atoms with Crippen LogP contribution in [0, 0.1) is 11.3 Å². The van der Waals surface area contributed by atoms with Gasteiger partial charge in [-0.05, 0) is 0 Å². The molecule has 3 N–H and O–H groups in total. The molecule has 0 spiro atoms. The molecular formula is C10H10F3N3O2S. The average molecular weight is 293 g/mol. The number of nitrogens with two attached hydrogens (primary N) is 1. The quantitative estimate of drug-likeness (QED) is 0.832. The highest BCUT2D eigenvalue weighted by molar-refractivity contribution is 7.18. The lowest BCUT2D eigenvalue weighted by Gasteiger charge is -2.07. The maximum atomic E-state index is 12.0. The van der Waals surface area contributed by atoms with Crippen LogP contribution in [-0.2, 0) is 4.74 Å². The number of nitrogen functional groups attached to an aromatic ring is 1. The minimum atomic E-state index is -4.30. The van der Waals surface area contributed by atoms with Gasteiger partial charge in [0.05, 0.1) is 19.2 Å². The fraction of sp³-hybridized carbons (Fsp3) is 0.400. The molecule has 0 fully saturated rings. The lowest BCUT2D eigenvalue weighted by atomic mass is 10.2. The molecule has 1 rings (SSSR count). The van der Waals surface area contributed by atoms with Crippen molar-refractivity contribution in [3.05, 3.63) is 10.4 Å². The fourth-order valence-corrected chi connectivity index (χ4v) is 2.26. The number of rotatable bonds is 4. The van der Waals surface area contributed by atoms with Crippen LogP contribution >= 0.6 is 11.3 Å². The first kappa shape index (κ1) is 15.1. The third kappa shape index (κ3) is 3.75. The van der Waals surface area contributed by atoms with Gasteiger partial charge < -0.3 is 15.8 Å². The second-order valence-electron chi connectivity index (χ2n) is 3.44. The molecule has 9 heteroatoms. The number of anilines is 2. The van der Waals surface area contributed by atoms with Gasteiger partial charge >= 0.3 is 12.1 Å². The highest BCUT2D eigenvalue weighted by Gasteiger charge is 2.27. The Kier molecular flexibility index (Phi) is 4.61. The van der Waals surface area contributed by atoms with E-state index in [-0.39, 0.29) is 21.1 Å². The number of halogens is 3. The number of carbonyl (C=O) groups is 1. The molecule has 0 aliphatic rings. The Morgan fingerprint density at radius 1 is 1.58 bits per heavy atom. The molecule has 0 unspecified atom stereocenters. The van der Waals surface area contributed by atoms with Crippen molar-refractivity contribution in [2.75, 3.05) is 24.7 Å². The Labute approximate surface area is 110 Å². The summed E-state index contributed by atoms with van der Waals surface area (Å²) < 4.78 is 40.5. The number of esters is 1. The van der Waals surface area contributed by atoms with Crippen LogP contribution in [-0.4, -0.2) is 25.8 Å². The molecule has 1 heterocycles. The van der Waals surface area contributed by atoms with E-state index in [9.17, 15) is 18.0 Å². The van der Waals surface area contributed by atoms with E-state index in [1.807, 2.05) is 0 Å². The summed E-state index contributed by atoms with van der Waals surface area (Å²) in [4.78, 5) is 11.3. The van der Waals surface area contributed by atoms with Gasteiger partial charge in [-0.25, -0.2) is 4.79 Å². The molecule has 0 saturated carbocycles. The van der Waals surface area contributed by atoms with Crippen LogP contribution in [0.5, 0.6) is 0 Å². The summed E-state index contributed by atoms with van der Waals surface area (Å²) in [6.45, 7) is -0.404. The van der Waals surface area contributed by atoms with Gasteiger partial charge in [-0.2, -0.15) is 18.4 Å². The van der Waals surface area contributed by atoms with Crippen LogP contribution < -0.4 is 11.1 Å². The molecule has 0 aromatic carbocycles. The van der Waals surface area contributed by atoms with Gasteiger partial charge in [-0.3, -0.25) is 0 Å². The summed E-state index contributed by atoms with van der Waals surface area (Å²) >= 11 is 0.793. The number of ether oxygens (including phenoxy) is 1. The Morgan fingerprint density at radius 2 is 2.21 bits per heavy atom. The van der Waals surface area contributed by atoms with Crippen LogP contribution in [0.3, 0.4) is 0 Å². The maximum Gasteiger partial charge on any atom is 0.390 e. The zero-order valence-corrected chi connectivity index (χ0v) is 10.6. The maximum absolute atomic E-state index is 12.0. The molecule has 0 amide bonds. The minimum absolute atomic E-state index is 0.00596. The van der Waals surface area contributed by atoms with E-state index in [0.29, 0.717) is 0 Å². The largest absolute Gasteiger partial charge is 0.465 e. The number of alkyl halides is 3. The van der Waals surface area contributed by atoms with Crippen LogP contribution in [0.25, 0.3) is 0 Å². The summed E-state index contributed by atoms with van der Waals surface area (Å²) in [6, 6.07) is 1.74. The lowest BCUT2D eigenvalue weighted by molar-refractivity contribution is -0.131. The highest BCUT2D eigenvalue weighted by Crippen LogP contribution is 2.35.